The van der Waals surface area contributed by atoms with Gasteiger partial charge in [-0.15, -0.1) is 0 Å². The molecule has 2 nitrogen and oxygen atoms in total. The van der Waals surface area contributed by atoms with Crippen LogP contribution in [-0.2, 0) is 6.42 Å². The molecular weight excluding hydrogens is 210 g/mol. The van der Waals surface area contributed by atoms with Gasteiger partial charge in [-0.25, -0.2) is 0 Å². The normalized spacial score (nSPS) is 10.8. The topological polar surface area (TPSA) is 21.3 Å². The van der Waals surface area contributed by atoms with Gasteiger partial charge >= 0.3 is 0 Å². The van der Waals surface area contributed by atoms with E-state index >= 15 is 0 Å². The zero-order chi connectivity index (χ0) is 12.5. The van der Waals surface area contributed by atoms with E-state index in [2.05, 4.69) is 43.4 Å². The molecule has 1 rings (SSSR count). The van der Waals surface area contributed by atoms with Gasteiger partial charge in [-0.1, -0.05) is 26.0 Å². The lowest BCUT2D eigenvalue weighted by atomic mass is 10.1. The second-order valence-corrected chi connectivity index (χ2v) is 4.78. The zero-order valence-corrected chi connectivity index (χ0v) is 11.3. The lowest BCUT2D eigenvalue weighted by Crippen LogP contribution is -2.21. The van der Waals surface area contributed by atoms with Crippen molar-refractivity contribution in [3.63, 3.8) is 0 Å². The van der Waals surface area contributed by atoms with Crippen LogP contribution in [0.3, 0.4) is 0 Å². The number of ether oxygens (including phenoxy) is 1. The quantitative estimate of drug-likeness (QED) is 0.698. The highest BCUT2D eigenvalue weighted by molar-refractivity contribution is 5.27. The third kappa shape index (κ3) is 6.32. The van der Waals surface area contributed by atoms with Crippen LogP contribution >= 0.6 is 0 Å². The maximum Gasteiger partial charge on any atom is 0.119 e. The van der Waals surface area contributed by atoms with Crippen molar-refractivity contribution in [2.24, 2.45) is 5.92 Å². The minimum absolute atomic E-state index is 0.735. The number of aryl methyl sites for hydroxylation is 1. The minimum Gasteiger partial charge on any atom is -0.494 e. The largest absolute Gasteiger partial charge is 0.494 e. The van der Waals surface area contributed by atoms with Gasteiger partial charge in [0.25, 0.3) is 0 Å². The number of rotatable bonds is 8. The summed E-state index contributed by atoms with van der Waals surface area (Å²) in [7, 11) is 0. The van der Waals surface area contributed by atoms with E-state index in [1.165, 1.54) is 12.0 Å². The molecule has 1 aromatic rings. The van der Waals surface area contributed by atoms with Crippen LogP contribution in [0.15, 0.2) is 24.3 Å². The molecule has 0 aliphatic carbocycles. The smallest absolute Gasteiger partial charge is 0.119 e. The van der Waals surface area contributed by atoms with Gasteiger partial charge in [0.15, 0.2) is 0 Å². The molecule has 0 bridgehead atoms. The Morgan fingerprint density at radius 2 is 1.88 bits per heavy atom. The average molecular weight is 235 g/mol. The Labute approximate surface area is 105 Å². The van der Waals surface area contributed by atoms with Crippen molar-refractivity contribution in [1.82, 2.24) is 5.32 Å². The highest BCUT2D eigenvalue weighted by atomic mass is 16.5. The molecule has 0 spiro atoms. The van der Waals surface area contributed by atoms with Crippen LogP contribution in [0.4, 0.5) is 0 Å². The highest BCUT2D eigenvalue weighted by Crippen LogP contribution is 2.13. The highest BCUT2D eigenvalue weighted by Gasteiger charge is 1.96. The van der Waals surface area contributed by atoms with Gasteiger partial charge in [0, 0.05) is 0 Å². The van der Waals surface area contributed by atoms with Crippen molar-refractivity contribution >= 4 is 0 Å². The molecule has 0 atom stereocenters. The number of hydrogen-bond donors (Lipinski definition) is 1. The van der Waals surface area contributed by atoms with Gasteiger partial charge in [-0.2, -0.15) is 0 Å². The average Bonchev–Trinajstić information content (AvgIpc) is 2.31. The first-order chi connectivity index (χ1) is 8.22. The molecule has 0 saturated heterocycles. The van der Waals surface area contributed by atoms with E-state index < -0.39 is 0 Å². The van der Waals surface area contributed by atoms with Crippen molar-refractivity contribution in [3.05, 3.63) is 29.8 Å². The first-order valence-electron chi connectivity index (χ1n) is 6.64. The molecule has 1 N–H and O–H groups in total. The fourth-order valence-corrected chi connectivity index (χ4v) is 1.73. The summed E-state index contributed by atoms with van der Waals surface area (Å²) >= 11 is 0. The molecule has 0 saturated carbocycles. The summed E-state index contributed by atoms with van der Waals surface area (Å²) in [5.74, 6) is 1.70. The van der Waals surface area contributed by atoms with E-state index in [9.17, 15) is 0 Å². The molecule has 2 heteroatoms. The fourth-order valence-electron chi connectivity index (χ4n) is 1.73. The van der Waals surface area contributed by atoms with Crippen molar-refractivity contribution in [1.29, 1.82) is 0 Å². The molecule has 0 heterocycles. The number of nitrogens with one attached hydrogen (secondary N) is 1. The van der Waals surface area contributed by atoms with Crippen LogP contribution in [0.25, 0.3) is 0 Å². The Balaban J connectivity index is 2.18. The van der Waals surface area contributed by atoms with Crippen LogP contribution < -0.4 is 10.1 Å². The summed E-state index contributed by atoms with van der Waals surface area (Å²) in [6.07, 6.45) is 2.33. The maximum absolute atomic E-state index is 5.42. The van der Waals surface area contributed by atoms with Gasteiger partial charge in [0.05, 0.1) is 6.61 Å². The predicted octanol–water partition coefficient (Wildman–Crippen LogP) is 3.26. The lowest BCUT2D eigenvalue weighted by molar-refractivity contribution is 0.340. The van der Waals surface area contributed by atoms with E-state index in [4.69, 9.17) is 4.74 Å². The Hall–Kier alpha value is -1.02. The molecule has 0 aromatic heterocycles. The van der Waals surface area contributed by atoms with Gasteiger partial charge in [0.1, 0.15) is 5.75 Å². The van der Waals surface area contributed by atoms with Crippen LogP contribution in [0.1, 0.15) is 32.8 Å². The predicted molar refractivity (Wildman–Crippen MR) is 73.6 cm³/mol. The molecule has 0 unspecified atom stereocenters. The zero-order valence-electron chi connectivity index (χ0n) is 11.3. The first kappa shape index (κ1) is 14.0. The van der Waals surface area contributed by atoms with Gasteiger partial charge < -0.3 is 10.1 Å². The summed E-state index contributed by atoms with van der Waals surface area (Å²) in [5, 5.41) is 3.46. The van der Waals surface area contributed by atoms with Gasteiger partial charge in [-0.3, -0.25) is 0 Å². The monoisotopic (exact) mass is 235 g/mol. The molecule has 0 aliphatic heterocycles. The van der Waals surface area contributed by atoms with Crippen molar-refractivity contribution in [2.75, 3.05) is 19.7 Å². The van der Waals surface area contributed by atoms with Gasteiger partial charge in [0.2, 0.25) is 0 Å². The van der Waals surface area contributed by atoms with Crippen LogP contribution in [0.2, 0.25) is 0 Å². The lowest BCUT2D eigenvalue weighted by Gasteiger charge is -2.08. The maximum atomic E-state index is 5.42. The van der Waals surface area contributed by atoms with E-state index in [1.54, 1.807) is 0 Å². The second-order valence-electron chi connectivity index (χ2n) is 4.78. The summed E-state index contributed by atoms with van der Waals surface area (Å²) in [5.41, 5.74) is 1.39. The van der Waals surface area contributed by atoms with Crippen LogP contribution in [0, 0.1) is 5.92 Å². The Bertz CT molecular complexity index is 292. The van der Waals surface area contributed by atoms with E-state index in [-0.39, 0.29) is 0 Å². The van der Waals surface area contributed by atoms with Crippen molar-refractivity contribution in [2.45, 2.75) is 33.6 Å². The molecule has 0 fully saturated rings. The summed E-state index contributed by atoms with van der Waals surface area (Å²) in [6, 6.07) is 8.43. The van der Waals surface area contributed by atoms with Crippen LogP contribution in [0.5, 0.6) is 5.75 Å². The van der Waals surface area contributed by atoms with Crippen molar-refractivity contribution < 1.29 is 4.74 Å². The molecule has 1 aromatic carbocycles. The van der Waals surface area contributed by atoms with E-state index in [0.717, 1.165) is 37.8 Å². The number of hydrogen-bond acceptors (Lipinski definition) is 2. The Morgan fingerprint density at radius 1 is 1.18 bits per heavy atom. The summed E-state index contributed by atoms with van der Waals surface area (Å²) in [6.45, 7) is 9.43. The minimum atomic E-state index is 0.735. The van der Waals surface area contributed by atoms with Crippen LogP contribution in [-0.4, -0.2) is 19.7 Å². The molecule has 0 amide bonds. The molecule has 96 valence electrons. The third-order valence-electron chi connectivity index (χ3n) is 2.61. The second kappa shape index (κ2) is 8.13. The SMILES string of the molecule is CCOc1ccc(CCCNCC(C)C)cc1. The molecule has 17 heavy (non-hydrogen) atoms. The Kier molecular flexibility index (Phi) is 6.71. The van der Waals surface area contributed by atoms with Gasteiger partial charge in [-0.05, 0) is 56.5 Å². The number of benzene rings is 1. The molecule has 0 radical (unpaired) electrons. The first-order valence-corrected chi connectivity index (χ1v) is 6.64. The molecular formula is C15H25NO. The van der Waals surface area contributed by atoms with E-state index in [1.807, 2.05) is 6.92 Å². The summed E-state index contributed by atoms with van der Waals surface area (Å²) < 4.78 is 5.42. The standard InChI is InChI=1S/C15H25NO/c1-4-17-15-9-7-14(8-10-15)6-5-11-16-12-13(2)3/h7-10,13,16H,4-6,11-12H2,1-3H3. The summed E-state index contributed by atoms with van der Waals surface area (Å²) in [4.78, 5) is 0. The Morgan fingerprint density at radius 3 is 2.47 bits per heavy atom. The molecule has 0 aliphatic rings. The van der Waals surface area contributed by atoms with E-state index in [0.29, 0.717) is 0 Å². The third-order valence-corrected chi connectivity index (χ3v) is 2.61. The van der Waals surface area contributed by atoms with Crippen molar-refractivity contribution in [3.8, 4) is 5.75 Å². The fraction of sp³-hybridized carbons (Fsp3) is 0.600.